The summed E-state index contributed by atoms with van der Waals surface area (Å²) in [5, 5.41) is 21.4. The van der Waals surface area contributed by atoms with Gasteiger partial charge in [0.05, 0.1) is 0 Å². The molecule has 0 radical (unpaired) electrons. The summed E-state index contributed by atoms with van der Waals surface area (Å²) in [6.07, 6.45) is 1.55. The van der Waals surface area contributed by atoms with Crippen molar-refractivity contribution in [3.63, 3.8) is 0 Å². The molecule has 0 unspecified atom stereocenters. The molecule has 5 nitrogen and oxygen atoms in total. The van der Waals surface area contributed by atoms with Crippen molar-refractivity contribution in [2.45, 2.75) is 26.7 Å². The highest BCUT2D eigenvalue weighted by molar-refractivity contribution is 5.93. The summed E-state index contributed by atoms with van der Waals surface area (Å²) in [6, 6.07) is 1.89. The minimum Gasteiger partial charge on any atom is -0.409 e. The highest BCUT2D eigenvalue weighted by Crippen LogP contribution is 2.06. The van der Waals surface area contributed by atoms with Crippen molar-refractivity contribution in [1.82, 2.24) is 10.2 Å². The average Bonchev–Trinajstić information content (AvgIpc) is 2.61. The predicted molar refractivity (Wildman–Crippen MR) is 51.1 cm³/mol. The molecule has 0 saturated heterocycles. The summed E-state index contributed by atoms with van der Waals surface area (Å²) in [7, 11) is 0. The van der Waals surface area contributed by atoms with Crippen molar-refractivity contribution in [2.24, 2.45) is 5.16 Å². The number of hydrogen-bond acceptors (Lipinski definition) is 3. The van der Waals surface area contributed by atoms with Crippen LogP contribution in [0.25, 0.3) is 0 Å². The van der Waals surface area contributed by atoms with Gasteiger partial charge >= 0.3 is 0 Å². The van der Waals surface area contributed by atoms with Crippen LogP contribution in [0.3, 0.4) is 0 Å². The molecule has 0 saturated carbocycles. The van der Waals surface area contributed by atoms with E-state index in [4.69, 9.17) is 5.21 Å². The molecule has 1 aromatic heterocycles. The fourth-order valence-electron chi connectivity index (χ4n) is 0.939. The Hall–Kier alpha value is -1.52. The van der Waals surface area contributed by atoms with Gasteiger partial charge in [0.15, 0.2) is 5.82 Å². The second-order valence-corrected chi connectivity index (χ2v) is 2.66. The second kappa shape index (κ2) is 4.49. The Bertz CT molecular complexity index is 292. The number of aromatic amines is 1. The summed E-state index contributed by atoms with van der Waals surface area (Å²) < 4.78 is 0. The van der Waals surface area contributed by atoms with Crippen molar-refractivity contribution >= 4 is 11.7 Å². The molecule has 1 rings (SSSR count). The Labute approximate surface area is 76.8 Å². The van der Waals surface area contributed by atoms with Gasteiger partial charge in [-0.1, -0.05) is 19.0 Å². The van der Waals surface area contributed by atoms with Gasteiger partial charge in [0.1, 0.15) is 5.84 Å². The van der Waals surface area contributed by atoms with E-state index in [1.54, 1.807) is 0 Å². The van der Waals surface area contributed by atoms with E-state index < -0.39 is 0 Å². The Morgan fingerprint density at radius 3 is 2.92 bits per heavy atom. The van der Waals surface area contributed by atoms with Gasteiger partial charge in [-0.25, -0.2) is 0 Å². The lowest BCUT2D eigenvalue weighted by molar-refractivity contribution is 0.318. The van der Waals surface area contributed by atoms with Crippen LogP contribution in [0.5, 0.6) is 0 Å². The predicted octanol–water partition coefficient (Wildman–Crippen LogP) is 1.58. The first-order valence-corrected chi connectivity index (χ1v) is 4.32. The van der Waals surface area contributed by atoms with Gasteiger partial charge in [-0.15, -0.1) is 0 Å². The van der Waals surface area contributed by atoms with E-state index in [0.29, 0.717) is 18.1 Å². The smallest absolute Gasteiger partial charge is 0.153 e. The van der Waals surface area contributed by atoms with Crippen LogP contribution in [0.15, 0.2) is 11.2 Å². The Morgan fingerprint density at radius 2 is 2.46 bits per heavy atom. The van der Waals surface area contributed by atoms with E-state index in [9.17, 15) is 0 Å². The van der Waals surface area contributed by atoms with Crippen LogP contribution in [0.2, 0.25) is 0 Å². The Morgan fingerprint density at radius 1 is 1.69 bits per heavy atom. The van der Waals surface area contributed by atoms with E-state index in [0.717, 1.165) is 12.1 Å². The lowest BCUT2D eigenvalue weighted by Crippen LogP contribution is -2.10. The first kappa shape index (κ1) is 9.57. The zero-order chi connectivity index (χ0) is 9.68. The SMILES string of the molecule is CCC(=NO)Nc1cc(CC)[nH]n1. The molecule has 13 heavy (non-hydrogen) atoms. The maximum atomic E-state index is 8.54. The van der Waals surface area contributed by atoms with E-state index in [-0.39, 0.29) is 0 Å². The lowest BCUT2D eigenvalue weighted by Gasteiger charge is -2.00. The first-order chi connectivity index (χ1) is 6.30. The van der Waals surface area contributed by atoms with Crippen molar-refractivity contribution in [3.05, 3.63) is 11.8 Å². The highest BCUT2D eigenvalue weighted by Gasteiger charge is 2.01. The average molecular weight is 182 g/mol. The van der Waals surface area contributed by atoms with E-state index in [2.05, 4.69) is 20.7 Å². The number of oxime groups is 1. The van der Waals surface area contributed by atoms with Gasteiger partial charge in [-0.05, 0) is 6.42 Å². The number of nitrogens with one attached hydrogen (secondary N) is 2. The standard InChI is InChI=1S/C8H14N4O/c1-3-6-5-8(11-10-6)9-7(4-2)12-13/h5,13H,3-4H2,1-2H3,(H2,9,10,11,12). The topological polar surface area (TPSA) is 73.3 Å². The zero-order valence-electron chi connectivity index (χ0n) is 7.83. The molecular weight excluding hydrogens is 168 g/mol. The Balaban J connectivity index is 2.63. The molecule has 5 heteroatoms. The van der Waals surface area contributed by atoms with Crippen LogP contribution in [0.4, 0.5) is 5.82 Å². The summed E-state index contributed by atoms with van der Waals surface area (Å²) in [5.74, 6) is 1.20. The molecule has 72 valence electrons. The molecule has 0 bridgehead atoms. The minimum atomic E-state index is 0.508. The molecule has 0 atom stereocenters. The number of nitrogens with zero attached hydrogens (tertiary/aromatic N) is 2. The molecule has 0 aliphatic heterocycles. The molecule has 0 spiro atoms. The number of hydrogen-bond donors (Lipinski definition) is 3. The summed E-state index contributed by atoms with van der Waals surface area (Å²) in [6.45, 7) is 3.94. The van der Waals surface area contributed by atoms with Crippen LogP contribution >= 0.6 is 0 Å². The van der Waals surface area contributed by atoms with Gasteiger partial charge in [-0.3, -0.25) is 5.10 Å². The number of amidine groups is 1. The maximum Gasteiger partial charge on any atom is 0.153 e. The molecule has 0 fully saturated rings. The largest absolute Gasteiger partial charge is 0.409 e. The molecule has 0 aliphatic carbocycles. The monoisotopic (exact) mass is 182 g/mol. The third kappa shape index (κ3) is 2.47. The minimum absolute atomic E-state index is 0.508. The zero-order valence-corrected chi connectivity index (χ0v) is 7.83. The molecule has 0 aliphatic rings. The number of H-pyrrole nitrogens is 1. The number of rotatable bonds is 3. The van der Waals surface area contributed by atoms with Crippen LogP contribution in [0, 0.1) is 0 Å². The molecule has 0 aromatic carbocycles. The Kier molecular flexibility index (Phi) is 3.31. The fourth-order valence-corrected chi connectivity index (χ4v) is 0.939. The molecule has 3 N–H and O–H groups in total. The molecular formula is C8H14N4O. The van der Waals surface area contributed by atoms with E-state index >= 15 is 0 Å². The van der Waals surface area contributed by atoms with E-state index in [1.807, 2.05) is 19.9 Å². The van der Waals surface area contributed by atoms with Gasteiger partial charge in [0.25, 0.3) is 0 Å². The maximum absolute atomic E-state index is 8.54. The molecule has 1 heterocycles. The van der Waals surface area contributed by atoms with Crippen LogP contribution in [0.1, 0.15) is 26.0 Å². The van der Waals surface area contributed by atoms with Crippen molar-refractivity contribution < 1.29 is 5.21 Å². The van der Waals surface area contributed by atoms with Crippen molar-refractivity contribution in [2.75, 3.05) is 5.32 Å². The second-order valence-electron chi connectivity index (χ2n) is 2.66. The van der Waals surface area contributed by atoms with Crippen LogP contribution in [-0.4, -0.2) is 21.2 Å². The fraction of sp³-hybridized carbons (Fsp3) is 0.500. The van der Waals surface area contributed by atoms with Gasteiger partial charge in [0.2, 0.25) is 0 Å². The van der Waals surface area contributed by atoms with Gasteiger partial charge < -0.3 is 10.5 Å². The number of aromatic nitrogens is 2. The van der Waals surface area contributed by atoms with Crippen LogP contribution in [-0.2, 0) is 6.42 Å². The summed E-state index contributed by atoms with van der Waals surface area (Å²) in [4.78, 5) is 0. The van der Waals surface area contributed by atoms with Gasteiger partial charge in [0, 0.05) is 18.2 Å². The normalized spacial score (nSPS) is 11.7. The van der Waals surface area contributed by atoms with Gasteiger partial charge in [-0.2, -0.15) is 5.10 Å². The van der Waals surface area contributed by atoms with Crippen molar-refractivity contribution in [1.29, 1.82) is 0 Å². The third-order valence-electron chi connectivity index (χ3n) is 1.74. The number of anilines is 1. The van der Waals surface area contributed by atoms with E-state index in [1.165, 1.54) is 0 Å². The highest BCUT2D eigenvalue weighted by atomic mass is 16.4. The molecule has 0 amide bonds. The van der Waals surface area contributed by atoms with Crippen LogP contribution < -0.4 is 5.32 Å². The number of aryl methyl sites for hydroxylation is 1. The van der Waals surface area contributed by atoms with Crippen molar-refractivity contribution in [3.8, 4) is 0 Å². The quantitative estimate of drug-likeness (QED) is 0.287. The first-order valence-electron chi connectivity index (χ1n) is 4.32. The third-order valence-corrected chi connectivity index (χ3v) is 1.74. The summed E-state index contributed by atoms with van der Waals surface area (Å²) in [5.41, 5.74) is 1.05. The lowest BCUT2D eigenvalue weighted by atomic mass is 10.3. The molecule has 1 aromatic rings. The summed E-state index contributed by atoms with van der Waals surface area (Å²) >= 11 is 0.